The second-order valence-corrected chi connectivity index (χ2v) is 4.89. The Hall–Kier alpha value is -1.00. The van der Waals surface area contributed by atoms with Crippen molar-refractivity contribution in [3.8, 4) is 0 Å². The van der Waals surface area contributed by atoms with Gasteiger partial charge < -0.3 is 11.1 Å². The average Bonchev–Trinajstić information content (AvgIpc) is 2.26. The van der Waals surface area contributed by atoms with E-state index in [-0.39, 0.29) is 11.8 Å². The van der Waals surface area contributed by atoms with Gasteiger partial charge in [-0.15, -0.1) is 11.8 Å². The van der Waals surface area contributed by atoms with Crippen LogP contribution in [0.4, 0.5) is 0 Å². The van der Waals surface area contributed by atoms with E-state index in [1.807, 2.05) is 20.0 Å². The zero-order chi connectivity index (χ0) is 12.0. The standard InChI is InChI=1S/C12H18N2OS/c1-9(12(13)15)8-16-11-5-3-4-10(6-11)7-14-2/h3-6,9,14H,7-8H2,1-2H3,(H2,13,15). The number of rotatable bonds is 6. The molecule has 0 saturated heterocycles. The van der Waals surface area contributed by atoms with Crippen molar-refractivity contribution >= 4 is 17.7 Å². The molecule has 3 N–H and O–H groups in total. The van der Waals surface area contributed by atoms with Gasteiger partial charge in [0.2, 0.25) is 5.91 Å². The molecule has 1 atom stereocenters. The maximum Gasteiger partial charge on any atom is 0.221 e. The quantitative estimate of drug-likeness (QED) is 0.740. The first-order valence-electron chi connectivity index (χ1n) is 5.29. The number of hydrogen-bond acceptors (Lipinski definition) is 3. The lowest BCUT2D eigenvalue weighted by atomic mass is 10.2. The molecule has 0 aliphatic heterocycles. The molecule has 0 bridgehead atoms. The molecule has 16 heavy (non-hydrogen) atoms. The van der Waals surface area contributed by atoms with Crippen LogP contribution < -0.4 is 11.1 Å². The summed E-state index contributed by atoms with van der Waals surface area (Å²) in [6.45, 7) is 2.71. The fourth-order valence-corrected chi connectivity index (χ4v) is 2.27. The van der Waals surface area contributed by atoms with Gasteiger partial charge in [-0.3, -0.25) is 4.79 Å². The molecule has 0 heterocycles. The smallest absolute Gasteiger partial charge is 0.221 e. The predicted octanol–water partition coefficient (Wildman–Crippen LogP) is 1.62. The molecule has 1 rings (SSSR count). The molecule has 1 amide bonds. The van der Waals surface area contributed by atoms with Crippen LogP contribution in [0.25, 0.3) is 0 Å². The largest absolute Gasteiger partial charge is 0.369 e. The van der Waals surface area contributed by atoms with Gasteiger partial charge in [0.25, 0.3) is 0 Å². The number of thioether (sulfide) groups is 1. The molecule has 0 aliphatic carbocycles. The van der Waals surface area contributed by atoms with Crippen LogP contribution in [0.2, 0.25) is 0 Å². The molecule has 1 aromatic rings. The van der Waals surface area contributed by atoms with Crippen molar-refractivity contribution in [3.63, 3.8) is 0 Å². The minimum Gasteiger partial charge on any atom is -0.369 e. The summed E-state index contributed by atoms with van der Waals surface area (Å²) in [4.78, 5) is 12.1. The summed E-state index contributed by atoms with van der Waals surface area (Å²) < 4.78 is 0. The molecule has 0 aliphatic rings. The van der Waals surface area contributed by atoms with E-state index < -0.39 is 0 Å². The topological polar surface area (TPSA) is 55.1 Å². The van der Waals surface area contributed by atoms with Crippen molar-refractivity contribution in [3.05, 3.63) is 29.8 Å². The number of nitrogens with two attached hydrogens (primary N) is 1. The Kier molecular flexibility index (Phi) is 5.35. The summed E-state index contributed by atoms with van der Waals surface area (Å²) in [6.07, 6.45) is 0. The van der Waals surface area contributed by atoms with Gasteiger partial charge in [-0.1, -0.05) is 19.1 Å². The Morgan fingerprint density at radius 1 is 1.56 bits per heavy atom. The van der Waals surface area contributed by atoms with Crippen molar-refractivity contribution in [1.82, 2.24) is 5.32 Å². The molecular formula is C12H18N2OS. The molecule has 1 aromatic carbocycles. The Bertz CT molecular complexity index is 355. The number of hydrogen-bond donors (Lipinski definition) is 2. The molecule has 88 valence electrons. The molecule has 3 nitrogen and oxygen atoms in total. The molecule has 0 spiro atoms. The van der Waals surface area contributed by atoms with Crippen LogP contribution in [0.5, 0.6) is 0 Å². The molecule has 0 aromatic heterocycles. The van der Waals surface area contributed by atoms with Gasteiger partial charge in [0, 0.05) is 23.1 Å². The molecule has 0 radical (unpaired) electrons. The first-order chi connectivity index (χ1) is 7.63. The summed E-state index contributed by atoms with van der Waals surface area (Å²) in [6, 6.07) is 8.30. The van der Waals surface area contributed by atoms with E-state index in [1.54, 1.807) is 11.8 Å². The summed E-state index contributed by atoms with van der Waals surface area (Å²) >= 11 is 1.67. The number of primary amides is 1. The molecule has 4 heteroatoms. The van der Waals surface area contributed by atoms with E-state index in [1.165, 1.54) is 10.5 Å². The Morgan fingerprint density at radius 2 is 2.31 bits per heavy atom. The summed E-state index contributed by atoms with van der Waals surface area (Å²) in [5, 5.41) is 3.11. The molecular weight excluding hydrogens is 220 g/mol. The highest BCUT2D eigenvalue weighted by Crippen LogP contribution is 2.21. The zero-order valence-electron chi connectivity index (χ0n) is 9.69. The number of benzene rings is 1. The zero-order valence-corrected chi connectivity index (χ0v) is 10.5. The maximum atomic E-state index is 10.9. The van der Waals surface area contributed by atoms with Crippen LogP contribution in [-0.2, 0) is 11.3 Å². The lowest BCUT2D eigenvalue weighted by Crippen LogP contribution is -2.22. The monoisotopic (exact) mass is 238 g/mol. The van der Waals surface area contributed by atoms with Crippen LogP contribution in [0, 0.1) is 5.92 Å². The van der Waals surface area contributed by atoms with Gasteiger partial charge in [0.1, 0.15) is 0 Å². The van der Waals surface area contributed by atoms with Crippen molar-refractivity contribution in [2.24, 2.45) is 11.7 Å². The van der Waals surface area contributed by atoms with Crippen LogP contribution in [0.1, 0.15) is 12.5 Å². The van der Waals surface area contributed by atoms with Crippen LogP contribution in [-0.4, -0.2) is 18.7 Å². The highest BCUT2D eigenvalue weighted by molar-refractivity contribution is 7.99. The minimum atomic E-state index is -0.237. The first-order valence-corrected chi connectivity index (χ1v) is 6.27. The maximum absolute atomic E-state index is 10.9. The van der Waals surface area contributed by atoms with E-state index >= 15 is 0 Å². The first kappa shape index (κ1) is 13.1. The van der Waals surface area contributed by atoms with Gasteiger partial charge in [-0.25, -0.2) is 0 Å². The SMILES string of the molecule is CNCc1cccc(SCC(C)C(N)=O)c1. The van der Waals surface area contributed by atoms with Gasteiger partial charge in [-0.2, -0.15) is 0 Å². The third-order valence-electron chi connectivity index (χ3n) is 2.27. The molecule has 0 fully saturated rings. The second kappa shape index (κ2) is 6.55. The lowest BCUT2D eigenvalue weighted by Gasteiger charge is -2.08. The van der Waals surface area contributed by atoms with Crippen LogP contribution in [0.3, 0.4) is 0 Å². The van der Waals surface area contributed by atoms with E-state index in [9.17, 15) is 4.79 Å². The average molecular weight is 238 g/mol. The van der Waals surface area contributed by atoms with Crippen LogP contribution in [0.15, 0.2) is 29.2 Å². The lowest BCUT2D eigenvalue weighted by molar-refractivity contribution is -0.120. The van der Waals surface area contributed by atoms with Crippen LogP contribution >= 0.6 is 11.8 Å². The minimum absolute atomic E-state index is 0.0852. The number of amides is 1. The van der Waals surface area contributed by atoms with Crippen molar-refractivity contribution < 1.29 is 4.79 Å². The van der Waals surface area contributed by atoms with Gasteiger partial charge >= 0.3 is 0 Å². The summed E-state index contributed by atoms with van der Waals surface area (Å²) in [7, 11) is 1.93. The van der Waals surface area contributed by atoms with Crippen molar-refractivity contribution in [2.45, 2.75) is 18.4 Å². The van der Waals surface area contributed by atoms with Crippen molar-refractivity contribution in [2.75, 3.05) is 12.8 Å². The van der Waals surface area contributed by atoms with Gasteiger partial charge in [0.05, 0.1) is 0 Å². The van der Waals surface area contributed by atoms with E-state index in [0.717, 1.165) is 12.3 Å². The number of carbonyl (C=O) groups is 1. The normalized spacial score (nSPS) is 12.4. The molecule has 1 unspecified atom stereocenters. The number of nitrogens with one attached hydrogen (secondary N) is 1. The Morgan fingerprint density at radius 3 is 2.94 bits per heavy atom. The van der Waals surface area contributed by atoms with E-state index in [2.05, 4.69) is 23.5 Å². The Labute approximate surface area is 101 Å². The third kappa shape index (κ3) is 4.24. The highest BCUT2D eigenvalue weighted by atomic mass is 32.2. The van der Waals surface area contributed by atoms with Gasteiger partial charge in [-0.05, 0) is 24.7 Å². The summed E-state index contributed by atoms with van der Waals surface area (Å²) in [5.41, 5.74) is 6.46. The van der Waals surface area contributed by atoms with E-state index in [0.29, 0.717) is 0 Å². The van der Waals surface area contributed by atoms with Crippen molar-refractivity contribution in [1.29, 1.82) is 0 Å². The fourth-order valence-electron chi connectivity index (χ4n) is 1.25. The third-order valence-corrected chi connectivity index (χ3v) is 3.52. The number of carbonyl (C=O) groups excluding carboxylic acids is 1. The highest BCUT2D eigenvalue weighted by Gasteiger charge is 2.08. The fraction of sp³-hybridized carbons (Fsp3) is 0.417. The molecule has 0 saturated carbocycles. The Balaban J connectivity index is 2.53. The van der Waals surface area contributed by atoms with E-state index in [4.69, 9.17) is 5.73 Å². The summed E-state index contributed by atoms with van der Waals surface area (Å²) in [5.74, 6) is 0.412. The second-order valence-electron chi connectivity index (χ2n) is 3.79. The predicted molar refractivity (Wildman–Crippen MR) is 68.3 cm³/mol. The van der Waals surface area contributed by atoms with Gasteiger partial charge in [0.15, 0.2) is 0 Å².